The number of likely N-dealkylation sites (tertiary alicyclic amines) is 1. The first-order valence-corrected chi connectivity index (χ1v) is 13.9. The van der Waals surface area contributed by atoms with Crippen molar-refractivity contribution in [1.82, 2.24) is 44.5 Å². The van der Waals surface area contributed by atoms with Crippen LogP contribution in [0, 0.1) is 13.8 Å². The third-order valence-electron chi connectivity index (χ3n) is 7.96. The van der Waals surface area contributed by atoms with Crippen LogP contribution in [0.5, 0.6) is 0 Å². The molecule has 1 saturated heterocycles. The van der Waals surface area contributed by atoms with E-state index in [4.69, 9.17) is 15.1 Å². The minimum Gasteiger partial charge on any atom is -0.390 e. The fraction of sp³-hybridized carbons (Fsp3) is 0.290. The summed E-state index contributed by atoms with van der Waals surface area (Å²) in [5.41, 5.74) is 7.86. The van der Waals surface area contributed by atoms with Crippen LogP contribution in [0.15, 0.2) is 67.1 Å². The van der Waals surface area contributed by atoms with Gasteiger partial charge in [0.05, 0.1) is 35.1 Å². The first-order chi connectivity index (χ1) is 19.8. The molecule has 10 nitrogen and oxygen atoms in total. The summed E-state index contributed by atoms with van der Waals surface area (Å²) in [5.74, 6) is 0.613. The molecule has 0 spiro atoms. The van der Waals surface area contributed by atoms with Crippen molar-refractivity contribution in [2.24, 2.45) is 0 Å². The number of rotatable bonds is 5. The molecule has 206 valence electrons. The van der Waals surface area contributed by atoms with Gasteiger partial charge in [-0.3, -0.25) is 4.90 Å². The van der Waals surface area contributed by atoms with Crippen LogP contribution < -0.4 is 0 Å². The van der Waals surface area contributed by atoms with Gasteiger partial charge in [0.25, 0.3) is 0 Å². The highest BCUT2D eigenvalue weighted by Gasteiger charge is 2.27. The monoisotopic (exact) mass is 545 g/mol. The second-order valence-electron chi connectivity index (χ2n) is 11.2. The Bertz CT molecular complexity index is 1880. The molecule has 1 aliphatic heterocycles. The smallest absolute Gasteiger partial charge is 0.176 e. The van der Waals surface area contributed by atoms with Crippen molar-refractivity contribution in [3.05, 3.63) is 84.1 Å². The van der Waals surface area contributed by atoms with Crippen molar-refractivity contribution < 1.29 is 5.11 Å². The number of aromatic nitrogens is 8. The molecule has 5 aromatic heterocycles. The Labute approximate surface area is 237 Å². The van der Waals surface area contributed by atoms with Gasteiger partial charge in [0.15, 0.2) is 17.1 Å². The molecular weight excluding hydrogens is 514 g/mol. The molecule has 6 heterocycles. The first kappa shape index (κ1) is 25.4. The highest BCUT2D eigenvalue weighted by Crippen LogP contribution is 2.30. The van der Waals surface area contributed by atoms with Crippen LogP contribution in [0.1, 0.15) is 36.7 Å². The van der Waals surface area contributed by atoms with Crippen molar-refractivity contribution in [2.45, 2.75) is 45.8 Å². The maximum absolute atomic E-state index is 10.2. The van der Waals surface area contributed by atoms with E-state index in [9.17, 15) is 5.11 Å². The summed E-state index contributed by atoms with van der Waals surface area (Å²) in [6.07, 6.45) is 6.94. The number of hydrogen-bond donors (Lipinski definition) is 1. The number of fused-ring (bicyclic) bond motifs is 2. The second-order valence-corrected chi connectivity index (χ2v) is 11.2. The van der Waals surface area contributed by atoms with Crippen LogP contribution >= 0.6 is 0 Å². The lowest BCUT2D eigenvalue weighted by Gasteiger charge is -2.35. The Morgan fingerprint density at radius 3 is 2.46 bits per heavy atom. The van der Waals surface area contributed by atoms with Crippen LogP contribution in [0.25, 0.3) is 44.9 Å². The summed E-state index contributed by atoms with van der Waals surface area (Å²) in [6, 6.07) is 16.7. The zero-order valence-electron chi connectivity index (χ0n) is 23.4. The fourth-order valence-electron chi connectivity index (χ4n) is 5.52. The number of aliphatic hydroxyl groups is 1. The summed E-state index contributed by atoms with van der Waals surface area (Å²) in [6.45, 7) is 8.59. The van der Waals surface area contributed by atoms with E-state index in [2.05, 4.69) is 50.4 Å². The van der Waals surface area contributed by atoms with Crippen LogP contribution in [0.3, 0.4) is 0 Å². The normalized spacial score (nSPS) is 15.6. The van der Waals surface area contributed by atoms with E-state index in [-0.39, 0.29) is 0 Å². The Morgan fingerprint density at radius 2 is 1.71 bits per heavy atom. The molecule has 7 rings (SSSR count). The maximum atomic E-state index is 10.2. The maximum Gasteiger partial charge on any atom is 0.176 e. The summed E-state index contributed by atoms with van der Waals surface area (Å²) >= 11 is 0. The number of pyridine rings is 2. The third kappa shape index (κ3) is 4.85. The molecule has 6 aromatic rings. The van der Waals surface area contributed by atoms with E-state index in [0.29, 0.717) is 11.5 Å². The van der Waals surface area contributed by atoms with Crippen molar-refractivity contribution in [1.29, 1.82) is 0 Å². The van der Waals surface area contributed by atoms with Crippen molar-refractivity contribution in [2.75, 3.05) is 13.1 Å². The van der Waals surface area contributed by atoms with Gasteiger partial charge in [-0.2, -0.15) is 15.3 Å². The van der Waals surface area contributed by atoms with Gasteiger partial charge < -0.3 is 5.11 Å². The quantitative estimate of drug-likeness (QED) is 0.336. The molecule has 41 heavy (non-hydrogen) atoms. The lowest BCUT2D eigenvalue weighted by Crippen LogP contribution is -2.41. The predicted molar refractivity (Wildman–Crippen MR) is 156 cm³/mol. The SMILES string of the molecule is Cc1cnn(-c2ccc3c(-c4cnc5cc(-c6ccc(CN7CCC(C)(O)CC7)cc6)c(C)nn45)ccnc3n2)n1. The second kappa shape index (κ2) is 9.83. The molecule has 1 fully saturated rings. The minimum atomic E-state index is -0.529. The van der Waals surface area contributed by atoms with E-state index in [0.717, 1.165) is 77.3 Å². The molecule has 0 radical (unpaired) electrons. The van der Waals surface area contributed by atoms with Crippen LogP contribution in [0.4, 0.5) is 0 Å². The number of nitrogens with zero attached hydrogens (tertiary/aromatic N) is 9. The van der Waals surface area contributed by atoms with Gasteiger partial charge in [-0.15, -0.1) is 4.80 Å². The van der Waals surface area contributed by atoms with E-state index < -0.39 is 5.60 Å². The summed E-state index contributed by atoms with van der Waals surface area (Å²) in [4.78, 5) is 17.8. The number of piperidine rings is 1. The van der Waals surface area contributed by atoms with E-state index in [1.165, 1.54) is 10.4 Å². The predicted octanol–water partition coefficient (Wildman–Crippen LogP) is 4.55. The Balaban J connectivity index is 1.17. The fourth-order valence-corrected chi connectivity index (χ4v) is 5.52. The number of aryl methyl sites for hydroxylation is 2. The number of imidazole rings is 1. The Kier molecular flexibility index (Phi) is 6.09. The largest absolute Gasteiger partial charge is 0.390 e. The van der Waals surface area contributed by atoms with E-state index in [1.807, 2.05) is 49.7 Å². The van der Waals surface area contributed by atoms with Gasteiger partial charge >= 0.3 is 0 Å². The van der Waals surface area contributed by atoms with Crippen LogP contribution in [-0.4, -0.2) is 68.3 Å². The Hall–Kier alpha value is -4.54. The molecular formula is C31H31N9O. The zero-order valence-corrected chi connectivity index (χ0v) is 23.4. The summed E-state index contributed by atoms with van der Waals surface area (Å²) in [7, 11) is 0. The summed E-state index contributed by atoms with van der Waals surface area (Å²) < 4.78 is 1.89. The molecule has 10 heteroatoms. The zero-order chi connectivity index (χ0) is 28.1. The average Bonchev–Trinajstić information content (AvgIpc) is 3.59. The molecule has 0 atom stereocenters. The molecule has 1 N–H and O–H groups in total. The Morgan fingerprint density at radius 1 is 0.902 bits per heavy atom. The van der Waals surface area contributed by atoms with Crippen LogP contribution in [0.2, 0.25) is 0 Å². The van der Waals surface area contributed by atoms with Gasteiger partial charge in [0.1, 0.15) is 0 Å². The van der Waals surface area contributed by atoms with Gasteiger partial charge in [-0.1, -0.05) is 24.3 Å². The van der Waals surface area contributed by atoms with Gasteiger partial charge in [-0.05, 0) is 69.0 Å². The lowest BCUT2D eigenvalue weighted by molar-refractivity contribution is -0.00730. The van der Waals surface area contributed by atoms with Gasteiger partial charge in [0.2, 0.25) is 0 Å². The molecule has 0 bridgehead atoms. The van der Waals surface area contributed by atoms with Crippen molar-refractivity contribution in [3.8, 4) is 28.2 Å². The van der Waals surface area contributed by atoms with Crippen molar-refractivity contribution in [3.63, 3.8) is 0 Å². The minimum absolute atomic E-state index is 0.529. The highest BCUT2D eigenvalue weighted by molar-refractivity contribution is 5.92. The molecule has 0 saturated carbocycles. The highest BCUT2D eigenvalue weighted by atomic mass is 16.3. The van der Waals surface area contributed by atoms with Crippen LogP contribution in [-0.2, 0) is 6.54 Å². The lowest BCUT2D eigenvalue weighted by atomic mass is 9.93. The van der Waals surface area contributed by atoms with Gasteiger partial charge in [-0.25, -0.2) is 19.5 Å². The average molecular weight is 546 g/mol. The molecule has 1 aromatic carbocycles. The topological polar surface area (TPSA) is 110 Å². The standard InChI is InChI=1S/C31H31N9O/c1-20-17-34-40(36-20)28-9-8-25-24(10-13-32-30(25)35-28)27-18-33-29-16-26(21(2)37-39(27)29)23-6-4-22(5-7-23)19-38-14-11-31(3,41)12-15-38/h4-10,13,16-18,41H,11-12,14-15,19H2,1-3H3. The van der Waals surface area contributed by atoms with E-state index >= 15 is 0 Å². The number of benzene rings is 1. The van der Waals surface area contributed by atoms with Crippen molar-refractivity contribution >= 4 is 16.7 Å². The molecule has 0 amide bonds. The molecule has 0 aliphatic carbocycles. The molecule has 1 aliphatic rings. The summed E-state index contributed by atoms with van der Waals surface area (Å²) in [5, 5.41) is 24.7. The molecule has 0 unspecified atom stereocenters. The first-order valence-electron chi connectivity index (χ1n) is 13.9. The van der Waals surface area contributed by atoms with Gasteiger partial charge in [0, 0.05) is 42.3 Å². The third-order valence-corrected chi connectivity index (χ3v) is 7.96. The number of hydrogen-bond acceptors (Lipinski definition) is 8. The van der Waals surface area contributed by atoms with E-state index in [1.54, 1.807) is 12.4 Å².